The fourth-order valence-corrected chi connectivity index (χ4v) is 2.84. The number of imidazole rings is 1. The summed E-state index contributed by atoms with van der Waals surface area (Å²) in [5.41, 5.74) is -0.139. The van der Waals surface area contributed by atoms with Crippen molar-refractivity contribution in [3.63, 3.8) is 0 Å². The molecule has 124 valence electrons. The van der Waals surface area contributed by atoms with Crippen LogP contribution in [-0.2, 0) is 25.2 Å². The molecule has 0 saturated heterocycles. The molecule has 0 aliphatic carbocycles. The number of aromatic nitrogens is 2. The summed E-state index contributed by atoms with van der Waals surface area (Å²) in [6.45, 7) is 1.27. The van der Waals surface area contributed by atoms with Gasteiger partial charge in [0.05, 0.1) is 5.69 Å². The van der Waals surface area contributed by atoms with Crippen molar-refractivity contribution in [3.05, 3.63) is 24.3 Å². The maximum absolute atomic E-state index is 13.2. The average molecular weight is 365 g/mol. The Balaban J connectivity index is 2.58. The highest BCUT2D eigenvalue weighted by Crippen LogP contribution is 2.29. The number of halogens is 2. The quantitative estimate of drug-likeness (QED) is 0.788. The summed E-state index contributed by atoms with van der Waals surface area (Å²) in [6, 6.07) is 5.25. The van der Waals surface area contributed by atoms with E-state index >= 15 is 0 Å². The van der Waals surface area contributed by atoms with Crippen molar-refractivity contribution < 1.29 is 29.4 Å². The molecule has 0 radical (unpaired) electrons. The van der Waals surface area contributed by atoms with Crippen LogP contribution in [0.5, 0.6) is 0 Å². The van der Waals surface area contributed by atoms with E-state index in [0.717, 1.165) is 0 Å². The molecule has 2 aromatic rings. The first-order chi connectivity index (χ1) is 10.5. The van der Waals surface area contributed by atoms with E-state index in [9.17, 15) is 29.4 Å². The molecule has 0 fully saturated rings. The van der Waals surface area contributed by atoms with Gasteiger partial charge in [0.2, 0.25) is 10.9 Å². The summed E-state index contributed by atoms with van der Waals surface area (Å²) >= 11 is 0. The molecule has 0 spiro atoms. The van der Waals surface area contributed by atoms with E-state index < -0.39 is 36.3 Å². The molecule has 0 aliphatic heterocycles. The highest BCUT2D eigenvalue weighted by atomic mass is 32.3. The number of hydrogen-bond donors (Lipinski definition) is 2. The number of H-pyrrole nitrogens is 1. The number of aromatic amines is 1. The fourth-order valence-electron chi connectivity index (χ4n) is 1.75. The predicted molar refractivity (Wildman–Crippen MR) is 74.9 cm³/mol. The molecule has 2 rings (SSSR count). The number of nitrogens with one attached hydrogen (secondary N) is 2. The van der Waals surface area contributed by atoms with E-state index in [4.69, 9.17) is 0 Å². The second-order valence-corrected chi connectivity index (χ2v) is 6.88. The van der Waals surface area contributed by atoms with Crippen LogP contribution in [0.3, 0.4) is 0 Å². The number of carbonyl (C=O) groups excluding carboxylic acids is 1. The molecule has 12 heteroatoms. The minimum atomic E-state index is -5.39. The summed E-state index contributed by atoms with van der Waals surface area (Å²) in [5, 5.41) is -0.129. The third kappa shape index (κ3) is 3.90. The van der Waals surface area contributed by atoms with Crippen LogP contribution in [0.2, 0.25) is 0 Å². The second kappa shape index (κ2) is 5.70. The predicted octanol–water partition coefficient (Wildman–Crippen LogP) is 1.35. The summed E-state index contributed by atoms with van der Waals surface area (Å²) in [4.78, 5) is 15.8. The van der Waals surface area contributed by atoms with Gasteiger partial charge in [0, 0.05) is 18.2 Å². The van der Waals surface area contributed by atoms with Crippen molar-refractivity contribution in [2.75, 3.05) is 5.32 Å². The Morgan fingerprint density at radius 1 is 1.09 bits per heavy atom. The fraction of sp³-hybridized carbons (Fsp3) is 0.0909. The maximum atomic E-state index is 13.2. The molecule has 23 heavy (non-hydrogen) atoms. The molecule has 1 amide bonds. The van der Waals surface area contributed by atoms with Crippen LogP contribution in [0.25, 0.3) is 11.3 Å². The van der Waals surface area contributed by atoms with Crippen LogP contribution in [0.15, 0.2) is 34.4 Å². The van der Waals surface area contributed by atoms with Crippen molar-refractivity contribution in [3.8, 4) is 11.3 Å². The molecule has 2 N–H and O–H groups in total. The third-order valence-electron chi connectivity index (χ3n) is 2.60. The average Bonchev–Trinajstić information content (AvgIpc) is 2.83. The van der Waals surface area contributed by atoms with E-state index in [-0.39, 0.29) is 11.5 Å². The molecule has 0 atom stereocenters. The van der Waals surface area contributed by atoms with Gasteiger partial charge in [0.25, 0.3) is 5.16 Å². The van der Waals surface area contributed by atoms with Gasteiger partial charge in [-0.25, -0.2) is 4.98 Å². The Morgan fingerprint density at radius 3 is 2.09 bits per heavy atom. The largest absolute Gasteiger partial charge is 0.366 e. The number of carbonyl (C=O) groups is 1. The monoisotopic (exact) mass is 365 g/mol. The number of amides is 1. The minimum Gasteiger partial charge on any atom is -0.326 e. The van der Waals surface area contributed by atoms with Crippen LogP contribution in [-0.4, -0.2) is 32.7 Å². The first-order valence-corrected chi connectivity index (χ1v) is 8.62. The second-order valence-electron chi connectivity index (χ2n) is 4.36. The summed E-state index contributed by atoms with van der Waals surface area (Å²) in [7, 11) is -10.7. The Morgan fingerprint density at radius 2 is 1.65 bits per heavy atom. The van der Waals surface area contributed by atoms with Crippen LogP contribution in [0, 0.1) is 0 Å². The molecule has 1 aromatic heterocycles. The van der Waals surface area contributed by atoms with Gasteiger partial charge < -0.3 is 10.3 Å². The Kier molecular flexibility index (Phi) is 4.22. The zero-order valence-corrected chi connectivity index (χ0v) is 13.0. The molecular formula is C11H9F2N3O5S2. The number of benzene rings is 1. The lowest BCUT2D eigenvalue weighted by atomic mass is 10.1. The molecule has 8 nitrogen and oxygen atoms in total. The van der Waals surface area contributed by atoms with E-state index in [1.54, 1.807) is 0 Å². The molecular weight excluding hydrogens is 356 g/mol. The van der Waals surface area contributed by atoms with Gasteiger partial charge in [-0.2, -0.15) is 16.8 Å². The first-order valence-electron chi connectivity index (χ1n) is 5.86. The van der Waals surface area contributed by atoms with Crippen molar-refractivity contribution in [2.45, 2.75) is 17.1 Å². The normalized spacial score (nSPS) is 12.1. The Bertz CT molecular complexity index is 966. The van der Waals surface area contributed by atoms with Crippen molar-refractivity contribution in [1.82, 2.24) is 9.97 Å². The van der Waals surface area contributed by atoms with Gasteiger partial charge in [-0.1, -0.05) is 19.9 Å². The van der Waals surface area contributed by atoms with E-state index in [0.29, 0.717) is 5.69 Å². The van der Waals surface area contributed by atoms with Crippen LogP contribution >= 0.6 is 0 Å². The van der Waals surface area contributed by atoms with Crippen LogP contribution in [0.1, 0.15) is 6.92 Å². The first kappa shape index (κ1) is 17.0. The van der Waals surface area contributed by atoms with E-state index in [1.807, 2.05) is 4.98 Å². The molecule has 0 bridgehead atoms. The van der Waals surface area contributed by atoms with Gasteiger partial charge >= 0.3 is 20.4 Å². The summed E-state index contributed by atoms with van der Waals surface area (Å²) in [6.07, 6.45) is 0. The third-order valence-corrected chi connectivity index (χ3v) is 4.02. The van der Waals surface area contributed by atoms with Gasteiger partial charge in [-0.15, -0.1) is 0 Å². The van der Waals surface area contributed by atoms with Gasteiger partial charge in [-0.05, 0) is 12.1 Å². The van der Waals surface area contributed by atoms with Crippen molar-refractivity contribution in [2.24, 2.45) is 0 Å². The lowest BCUT2D eigenvalue weighted by Crippen LogP contribution is -2.05. The number of nitrogens with zero attached hydrogens (tertiary/aromatic N) is 1. The lowest BCUT2D eigenvalue weighted by molar-refractivity contribution is -0.114. The Hall–Kier alpha value is -2.34. The van der Waals surface area contributed by atoms with Gasteiger partial charge in [0.1, 0.15) is 0 Å². The molecule has 0 saturated carbocycles. The van der Waals surface area contributed by atoms with Crippen molar-refractivity contribution >= 4 is 32.0 Å². The molecule has 0 unspecified atom stereocenters. The summed E-state index contributed by atoms with van der Waals surface area (Å²) < 4.78 is 69.9. The van der Waals surface area contributed by atoms with Gasteiger partial charge in [-0.3, -0.25) is 4.79 Å². The standard InChI is InChI=1S/C11H9F2N3O5S2/c1-6(17)14-8-4-2-7(3-5-8)9-10(22(12,18)19)16-11(15-9)23(13,20)21/h2-5H,1H3,(H,14,17)(H,15,16). The highest BCUT2D eigenvalue weighted by Gasteiger charge is 2.29. The Labute approximate surface area is 130 Å². The molecule has 0 aliphatic rings. The molecule has 1 aromatic carbocycles. The smallest absolute Gasteiger partial charge is 0.326 e. The molecule has 1 heterocycles. The highest BCUT2D eigenvalue weighted by molar-refractivity contribution is 7.87. The summed E-state index contributed by atoms with van der Waals surface area (Å²) in [5.74, 6) is -0.350. The maximum Gasteiger partial charge on any atom is 0.366 e. The SMILES string of the molecule is CC(=O)Nc1ccc(-c2[nH]c(S(=O)(=O)F)nc2S(=O)(=O)F)cc1. The lowest BCUT2D eigenvalue weighted by Gasteiger charge is -2.04. The van der Waals surface area contributed by atoms with Crippen LogP contribution in [0.4, 0.5) is 13.5 Å². The zero-order chi connectivity index (χ0) is 17.4. The van der Waals surface area contributed by atoms with E-state index in [1.165, 1.54) is 31.2 Å². The topological polar surface area (TPSA) is 126 Å². The van der Waals surface area contributed by atoms with Crippen molar-refractivity contribution in [1.29, 1.82) is 0 Å². The number of hydrogen-bond acceptors (Lipinski definition) is 6. The number of anilines is 1. The van der Waals surface area contributed by atoms with Crippen LogP contribution < -0.4 is 5.32 Å². The van der Waals surface area contributed by atoms with Gasteiger partial charge in [0.15, 0.2) is 0 Å². The number of rotatable bonds is 4. The zero-order valence-electron chi connectivity index (χ0n) is 11.4. The van der Waals surface area contributed by atoms with E-state index in [2.05, 4.69) is 10.3 Å². The minimum absolute atomic E-state index is 0.0257.